The van der Waals surface area contributed by atoms with Crippen LogP contribution in [0.1, 0.15) is 30.1 Å². The van der Waals surface area contributed by atoms with Crippen molar-refractivity contribution in [1.82, 2.24) is 10.6 Å². The van der Waals surface area contributed by atoms with Gasteiger partial charge in [-0.2, -0.15) is 0 Å². The Morgan fingerprint density at radius 1 is 1.43 bits per heavy atom. The molecule has 1 fully saturated rings. The number of rotatable bonds is 5. The van der Waals surface area contributed by atoms with Gasteiger partial charge in [0, 0.05) is 17.7 Å². The lowest BCUT2D eigenvalue weighted by molar-refractivity contribution is -0.385. The van der Waals surface area contributed by atoms with Crippen LogP contribution in [0.25, 0.3) is 0 Å². The van der Waals surface area contributed by atoms with Crippen molar-refractivity contribution in [2.45, 2.75) is 31.8 Å². The standard InChI is InChI=1S/C13H14BrN3O4/c1-7(12(18)16-9-3-4-9)15-13(19)8-2-5-10(14)11(6-8)17(20)21/h2,5-7,9H,3-4H2,1H3,(H,15,19)(H,16,18). The normalized spacial score (nSPS) is 15.1. The quantitative estimate of drug-likeness (QED) is 0.620. The highest BCUT2D eigenvalue weighted by Gasteiger charge is 2.26. The van der Waals surface area contributed by atoms with Gasteiger partial charge in [0.2, 0.25) is 5.91 Å². The molecule has 7 nitrogen and oxygen atoms in total. The Hall–Kier alpha value is -1.96. The van der Waals surface area contributed by atoms with Crippen LogP contribution >= 0.6 is 15.9 Å². The van der Waals surface area contributed by atoms with Gasteiger partial charge in [-0.3, -0.25) is 19.7 Å². The number of halogens is 1. The summed E-state index contributed by atoms with van der Waals surface area (Å²) in [5.41, 5.74) is -0.0614. The molecule has 1 aromatic rings. The van der Waals surface area contributed by atoms with Gasteiger partial charge in [-0.1, -0.05) is 0 Å². The Morgan fingerprint density at radius 3 is 2.67 bits per heavy atom. The first-order valence-corrected chi connectivity index (χ1v) is 7.23. The van der Waals surface area contributed by atoms with Crippen molar-refractivity contribution < 1.29 is 14.5 Å². The smallest absolute Gasteiger partial charge is 0.284 e. The predicted octanol–water partition coefficient (Wildman–Crippen LogP) is 1.75. The lowest BCUT2D eigenvalue weighted by Crippen LogP contribution is -2.45. The molecule has 0 bridgehead atoms. The number of nitro groups is 1. The summed E-state index contributed by atoms with van der Waals surface area (Å²) < 4.78 is 0.295. The first kappa shape index (κ1) is 15.4. The lowest BCUT2D eigenvalue weighted by Gasteiger charge is -2.13. The van der Waals surface area contributed by atoms with Crippen molar-refractivity contribution in [3.05, 3.63) is 38.3 Å². The van der Waals surface area contributed by atoms with E-state index in [-0.39, 0.29) is 23.2 Å². The van der Waals surface area contributed by atoms with Gasteiger partial charge in [-0.15, -0.1) is 0 Å². The molecule has 112 valence electrons. The third kappa shape index (κ3) is 4.01. The van der Waals surface area contributed by atoms with Crippen LogP contribution < -0.4 is 10.6 Å². The van der Waals surface area contributed by atoms with Gasteiger partial charge in [0.15, 0.2) is 0 Å². The number of hydrogen-bond acceptors (Lipinski definition) is 4. The van der Waals surface area contributed by atoms with Crippen LogP contribution in [-0.4, -0.2) is 28.8 Å². The van der Waals surface area contributed by atoms with Crippen LogP contribution in [0.5, 0.6) is 0 Å². The molecular formula is C13H14BrN3O4. The van der Waals surface area contributed by atoms with Crippen LogP contribution in [0.2, 0.25) is 0 Å². The second-order valence-electron chi connectivity index (χ2n) is 4.90. The van der Waals surface area contributed by atoms with Crippen LogP contribution in [0.3, 0.4) is 0 Å². The molecule has 0 aliphatic heterocycles. The van der Waals surface area contributed by atoms with E-state index in [0.717, 1.165) is 12.8 Å². The summed E-state index contributed by atoms with van der Waals surface area (Å²) >= 11 is 3.05. The van der Waals surface area contributed by atoms with E-state index >= 15 is 0 Å². The molecule has 1 aromatic carbocycles. The molecule has 0 spiro atoms. The first-order valence-electron chi connectivity index (χ1n) is 6.43. The minimum absolute atomic E-state index is 0.135. The van der Waals surface area contributed by atoms with Crippen molar-refractivity contribution in [2.75, 3.05) is 0 Å². The fraction of sp³-hybridized carbons (Fsp3) is 0.385. The maximum atomic E-state index is 12.0. The summed E-state index contributed by atoms with van der Waals surface area (Å²) in [5, 5.41) is 16.1. The van der Waals surface area contributed by atoms with Crippen LogP contribution in [0.4, 0.5) is 5.69 Å². The van der Waals surface area contributed by atoms with Crippen LogP contribution in [-0.2, 0) is 4.79 Å². The Kier molecular flexibility index (Phi) is 4.56. The summed E-state index contributed by atoms with van der Waals surface area (Å²) in [6.07, 6.45) is 1.93. The monoisotopic (exact) mass is 355 g/mol. The molecule has 0 saturated heterocycles. The van der Waals surface area contributed by atoms with Gasteiger partial charge in [0.1, 0.15) is 6.04 Å². The van der Waals surface area contributed by atoms with E-state index < -0.39 is 16.9 Å². The summed E-state index contributed by atoms with van der Waals surface area (Å²) in [5.74, 6) is -0.776. The Bertz CT molecular complexity index is 601. The Balaban J connectivity index is 2.03. The molecule has 1 aliphatic carbocycles. The van der Waals surface area contributed by atoms with Gasteiger partial charge in [0.05, 0.1) is 9.40 Å². The summed E-state index contributed by atoms with van der Waals surface area (Å²) in [4.78, 5) is 34.0. The summed E-state index contributed by atoms with van der Waals surface area (Å²) in [7, 11) is 0. The molecule has 0 aromatic heterocycles. The summed E-state index contributed by atoms with van der Waals surface area (Å²) in [6, 6.07) is 3.58. The van der Waals surface area contributed by atoms with Crippen molar-refractivity contribution in [1.29, 1.82) is 0 Å². The van der Waals surface area contributed by atoms with E-state index in [4.69, 9.17) is 0 Å². The number of nitrogens with zero attached hydrogens (tertiary/aromatic N) is 1. The van der Waals surface area contributed by atoms with Gasteiger partial charge < -0.3 is 10.6 Å². The highest BCUT2D eigenvalue weighted by molar-refractivity contribution is 9.10. The minimum atomic E-state index is -0.694. The Labute approximate surface area is 129 Å². The fourth-order valence-corrected chi connectivity index (χ4v) is 2.08. The Morgan fingerprint density at radius 2 is 2.10 bits per heavy atom. The molecule has 0 heterocycles. The third-order valence-electron chi connectivity index (χ3n) is 3.07. The highest BCUT2D eigenvalue weighted by atomic mass is 79.9. The molecule has 2 amide bonds. The van der Waals surface area contributed by atoms with Crippen molar-refractivity contribution in [2.24, 2.45) is 0 Å². The number of carbonyl (C=O) groups is 2. The molecule has 1 unspecified atom stereocenters. The average molecular weight is 356 g/mol. The van der Waals surface area contributed by atoms with Crippen LogP contribution in [0, 0.1) is 10.1 Å². The average Bonchev–Trinajstić information content (AvgIpc) is 3.22. The van der Waals surface area contributed by atoms with Gasteiger partial charge in [0.25, 0.3) is 11.6 Å². The summed E-state index contributed by atoms with van der Waals surface area (Å²) in [6.45, 7) is 1.57. The lowest BCUT2D eigenvalue weighted by atomic mass is 10.1. The molecule has 21 heavy (non-hydrogen) atoms. The number of nitrogens with one attached hydrogen (secondary N) is 2. The van der Waals surface area contributed by atoms with E-state index in [2.05, 4.69) is 26.6 Å². The van der Waals surface area contributed by atoms with E-state index in [9.17, 15) is 19.7 Å². The molecule has 1 atom stereocenters. The van der Waals surface area contributed by atoms with Crippen molar-refractivity contribution in [3.8, 4) is 0 Å². The maximum absolute atomic E-state index is 12.0. The molecule has 2 rings (SSSR count). The van der Waals surface area contributed by atoms with Crippen molar-refractivity contribution in [3.63, 3.8) is 0 Å². The molecule has 1 saturated carbocycles. The van der Waals surface area contributed by atoms with E-state index in [0.29, 0.717) is 4.47 Å². The molecule has 0 radical (unpaired) electrons. The number of benzene rings is 1. The maximum Gasteiger partial charge on any atom is 0.284 e. The molecular weight excluding hydrogens is 342 g/mol. The predicted molar refractivity (Wildman–Crippen MR) is 78.9 cm³/mol. The van der Waals surface area contributed by atoms with E-state index in [1.54, 1.807) is 6.92 Å². The fourth-order valence-electron chi connectivity index (χ4n) is 1.69. The second-order valence-corrected chi connectivity index (χ2v) is 5.76. The molecule has 2 N–H and O–H groups in total. The zero-order chi connectivity index (χ0) is 15.6. The van der Waals surface area contributed by atoms with Gasteiger partial charge >= 0.3 is 0 Å². The van der Waals surface area contributed by atoms with E-state index in [1.165, 1.54) is 18.2 Å². The minimum Gasteiger partial charge on any atom is -0.352 e. The number of amides is 2. The zero-order valence-electron chi connectivity index (χ0n) is 11.3. The number of nitro benzene ring substituents is 1. The number of hydrogen-bond donors (Lipinski definition) is 2. The first-order chi connectivity index (χ1) is 9.88. The van der Waals surface area contributed by atoms with Gasteiger partial charge in [-0.25, -0.2) is 0 Å². The molecule has 8 heteroatoms. The van der Waals surface area contributed by atoms with Gasteiger partial charge in [-0.05, 0) is 47.8 Å². The van der Waals surface area contributed by atoms with Crippen molar-refractivity contribution >= 4 is 33.4 Å². The van der Waals surface area contributed by atoms with E-state index in [1.807, 2.05) is 0 Å². The SMILES string of the molecule is CC(NC(=O)c1ccc(Br)c([N+](=O)[O-])c1)C(=O)NC1CC1. The topological polar surface area (TPSA) is 101 Å². The highest BCUT2D eigenvalue weighted by Crippen LogP contribution is 2.25. The zero-order valence-corrected chi connectivity index (χ0v) is 12.8. The third-order valence-corrected chi connectivity index (χ3v) is 3.74. The largest absolute Gasteiger partial charge is 0.352 e. The van der Waals surface area contributed by atoms with Crippen LogP contribution in [0.15, 0.2) is 22.7 Å². The number of carbonyl (C=O) groups excluding carboxylic acids is 2. The second kappa shape index (κ2) is 6.21. The molecule has 1 aliphatic rings.